The Labute approximate surface area is 186 Å². The highest BCUT2D eigenvalue weighted by molar-refractivity contribution is 7.92. The summed E-state index contributed by atoms with van der Waals surface area (Å²) in [6, 6.07) is 23.6. The molecule has 4 nitrogen and oxygen atoms in total. The van der Waals surface area contributed by atoms with E-state index in [1.54, 1.807) is 0 Å². The van der Waals surface area contributed by atoms with Crippen LogP contribution in [0.25, 0.3) is 10.8 Å². The van der Waals surface area contributed by atoms with Gasteiger partial charge in [0.2, 0.25) is 10.0 Å². The van der Waals surface area contributed by atoms with Gasteiger partial charge in [-0.15, -0.1) is 0 Å². The maximum Gasteiger partial charge on any atom is 0.229 e. The van der Waals surface area contributed by atoms with Gasteiger partial charge in [0.1, 0.15) is 0 Å². The summed E-state index contributed by atoms with van der Waals surface area (Å²) in [6.45, 7) is 3.22. The largest absolute Gasteiger partial charge is 0.368 e. The fourth-order valence-electron chi connectivity index (χ4n) is 5.07. The Balaban J connectivity index is 1.63. The van der Waals surface area contributed by atoms with Gasteiger partial charge >= 0.3 is 0 Å². The number of fused-ring (bicyclic) bond motifs is 1. The molecule has 164 valence electrons. The van der Waals surface area contributed by atoms with Crippen LogP contribution in [0.3, 0.4) is 0 Å². The topological polar surface area (TPSA) is 49.4 Å². The van der Waals surface area contributed by atoms with Gasteiger partial charge in [-0.05, 0) is 61.3 Å². The van der Waals surface area contributed by atoms with Crippen molar-refractivity contribution in [1.29, 1.82) is 0 Å². The first-order valence-electron chi connectivity index (χ1n) is 11.3. The van der Waals surface area contributed by atoms with Gasteiger partial charge < -0.3 is 4.90 Å². The molecule has 0 amide bonds. The van der Waals surface area contributed by atoms with Crippen LogP contribution in [-0.2, 0) is 10.0 Å². The Bertz CT molecular complexity index is 1140. The predicted octanol–water partition coefficient (Wildman–Crippen LogP) is 6.15. The quantitative estimate of drug-likeness (QED) is 0.471. The van der Waals surface area contributed by atoms with Crippen LogP contribution in [0.2, 0.25) is 0 Å². The SMILES string of the molecule is CCN(c1cccc2ccccc12)C1CCCCC(c2cccc(NS(C)(=O)=O)c2)C1. The number of anilines is 2. The van der Waals surface area contributed by atoms with Gasteiger partial charge in [0.15, 0.2) is 0 Å². The van der Waals surface area contributed by atoms with Crippen molar-refractivity contribution in [1.82, 2.24) is 0 Å². The molecule has 2 unspecified atom stereocenters. The Morgan fingerprint density at radius 2 is 1.71 bits per heavy atom. The average molecular weight is 437 g/mol. The average Bonchev–Trinajstić information content (AvgIpc) is 3.00. The summed E-state index contributed by atoms with van der Waals surface area (Å²) in [7, 11) is -3.28. The zero-order valence-corrected chi connectivity index (χ0v) is 19.2. The van der Waals surface area contributed by atoms with E-state index in [0.717, 1.165) is 19.4 Å². The van der Waals surface area contributed by atoms with Crippen LogP contribution in [-0.4, -0.2) is 27.3 Å². The second kappa shape index (κ2) is 9.31. The minimum absolute atomic E-state index is 0.429. The number of nitrogens with one attached hydrogen (secondary N) is 1. The molecule has 0 aromatic heterocycles. The van der Waals surface area contributed by atoms with Crippen molar-refractivity contribution in [2.45, 2.75) is 51.0 Å². The van der Waals surface area contributed by atoms with E-state index in [1.807, 2.05) is 18.2 Å². The van der Waals surface area contributed by atoms with Crippen molar-refractivity contribution in [3.63, 3.8) is 0 Å². The molecule has 1 N–H and O–H groups in total. The van der Waals surface area contributed by atoms with Crippen molar-refractivity contribution in [2.24, 2.45) is 0 Å². The number of hydrogen-bond acceptors (Lipinski definition) is 3. The molecule has 1 saturated carbocycles. The number of rotatable bonds is 6. The van der Waals surface area contributed by atoms with Crippen molar-refractivity contribution >= 4 is 32.2 Å². The highest BCUT2D eigenvalue weighted by Crippen LogP contribution is 2.38. The van der Waals surface area contributed by atoms with E-state index in [4.69, 9.17) is 0 Å². The summed E-state index contributed by atoms with van der Waals surface area (Å²) in [5.41, 5.74) is 3.20. The molecule has 0 aliphatic heterocycles. The lowest BCUT2D eigenvalue weighted by Crippen LogP contribution is -2.36. The molecule has 0 saturated heterocycles. The van der Waals surface area contributed by atoms with E-state index in [9.17, 15) is 8.42 Å². The van der Waals surface area contributed by atoms with Gasteiger partial charge in [-0.25, -0.2) is 8.42 Å². The minimum atomic E-state index is -3.28. The molecular formula is C26H32N2O2S. The molecule has 2 atom stereocenters. The van der Waals surface area contributed by atoms with Gasteiger partial charge in [-0.2, -0.15) is 0 Å². The third-order valence-electron chi connectivity index (χ3n) is 6.42. The van der Waals surface area contributed by atoms with E-state index in [0.29, 0.717) is 17.6 Å². The molecule has 1 fully saturated rings. The van der Waals surface area contributed by atoms with E-state index in [2.05, 4.69) is 65.1 Å². The van der Waals surface area contributed by atoms with Crippen molar-refractivity contribution in [3.8, 4) is 0 Å². The molecular weight excluding hydrogens is 404 g/mol. The molecule has 0 bridgehead atoms. The highest BCUT2D eigenvalue weighted by atomic mass is 32.2. The molecule has 0 heterocycles. The normalized spacial score (nSPS) is 19.7. The lowest BCUT2D eigenvalue weighted by molar-refractivity contribution is 0.501. The zero-order chi connectivity index (χ0) is 21.8. The number of sulfonamides is 1. The number of hydrogen-bond donors (Lipinski definition) is 1. The summed E-state index contributed by atoms with van der Waals surface area (Å²) in [6.07, 6.45) is 7.05. The standard InChI is InChI=1S/C26H32N2O2S/c1-3-28(26-17-9-12-20-10-5-7-16-25(20)26)24-15-6-4-11-22(19-24)21-13-8-14-23(18-21)27-31(2,29)30/h5,7-10,12-14,16-18,22,24,27H,3-4,6,11,15,19H2,1-2H3. The summed E-state index contributed by atoms with van der Waals surface area (Å²) >= 11 is 0. The Hall–Kier alpha value is -2.53. The molecule has 31 heavy (non-hydrogen) atoms. The Morgan fingerprint density at radius 1 is 0.968 bits per heavy atom. The third kappa shape index (κ3) is 5.21. The van der Waals surface area contributed by atoms with Gasteiger partial charge in [0.25, 0.3) is 0 Å². The number of nitrogens with zero attached hydrogens (tertiary/aromatic N) is 1. The molecule has 0 radical (unpaired) electrons. The lowest BCUT2D eigenvalue weighted by atomic mass is 9.89. The monoisotopic (exact) mass is 436 g/mol. The third-order valence-corrected chi connectivity index (χ3v) is 7.02. The smallest absolute Gasteiger partial charge is 0.229 e. The van der Waals surface area contributed by atoms with Crippen LogP contribution in [0, 0.1) is 0 Å². The molecule has 3 aromatic carbocycles. The van der Waals surface area contributed by atoms with E-state index >= 15 is 0 Å². The van der Waals surface area contributed by atoms with Crippen LogP contribution in [0.5, 0.6) is 0 Å². The van der Waals surface area contributed by atoms with Gasteiger partial charge in [-0.3, -0.25) is 4.72 Å². The van der Waals surface area contributed by atoms with Crippen molar-refractivity contribution in [3.05, 3.63) is 72.3 Å². The van der Waals surface area contributed by atoms with E-state index in [-0.39, 0.29) is 0 Å². The van der Waals surface area contributed by atoms with Gasteiger partial charge in [0.05, 0.1) is 6.26 Å². The van der Waals surface area contributed by atoms with Gasteiger partial charge in [0, 0.05) is 29.3 Å². The van der Waals surface area contributed by atoms with Crippen LogP contribution >= 0.6 is 0 Å². The van der Waals surface area contributed by atoms with Gasteiger partial charge in [-0.1, -0.05) is 61.4 Å². The molecule has 0 spiro atoms. The molecule has 1 aliphatic rings. The first-order valence-corrected chi connectivity index (χ1v) is 13.2. The Kier molecular flexibility index (Phi) is 6.51. The summed E-state index contributed by atoms with van der Waals surface area (Å²) in [5.74, 6) is 0.429. The second-order valence-electron chi connectivity index (χ2n) is 8.65. The maximum atomic E-state index is 11.7. The minimum Gasteiger partial charge on any atom is -0.368 e. The maximum absolute atomic E-state index is 11.7. The fraction of sp³-hybridized carbons (Fsp3) is 0.385. The van der Waals surface area contributed by atoms with Crippen LogP contribution < -0.4 is 9.62 Å². The summed E-state index contributed by atoms with van der Waals surface area (Å²) in [4.78, 5) is 2.58. The molecule has 5 heteroatoms. The molecule has 1 aliphatic carbocycles. The lowest BCUT2D eigenvalue weighted by Gasteiger charge is -2.35. The Morgan fingerprint density at radius 3 is 2.52 bits per heavy atom. The van der Waals surface area contributed by atoms with Crippen LogP contribution in [0.15, 0.2) is 66.7 Å². The molecule has 4 rings (SSSR count). The summed E-state index contributed by atoms with van der Waals surface area (Å²) in [5, 5.41) is 2.59. The van der Waals surface area contributed by atoms with Crippen LogP contribution in [0.1, 0.15) is 50.5 Å². The summed E-state index contributed by atoms with van der Waals surface area (Å²) < 4.78 is 26.0. The predicted molar refractivity (Wildman–Crippen MR) is 131 cm³/mol. The van der Waals surface area contributed by atoms with Crippen LogP contribution in [0.4, 0.5) is 11.4 Å². The fourth-order valence-corrected chi connectivity index (χ4v) is 5.63. The van der Waals surface area contributed by atoms with E-state index in [1.165, 1.54) is 47.5 Å². The molecule has 3 aromatic rings. The first kappa shape index (κ1) is 21.7. The zero-order valence-electron chi connectivity index (χ0n) is 18.4. The van der Waals surface area contributed by atoms with Crippen molar-refractivity contribution in [2.75, 3.05) is 22.4 Å². The number of benzene rings is 3. The first-order chi connectivity index (χ1) is 14.9. The van der Waals surface area contributed by atoms with Crippen molar-refractivity contribution < 1.29 is 8.42 Å². The van der Waals surface area contributed by atoms with E-state index < -0.39 is 10.0 Å². The highest BCUT2D eigenvalue weighted by Gasteiger charge is 2.26. The second-order valence-corrected chi connectivity index (χ2v) is 10.4.